The summed E-state index contributed by atoms with van der Waals surface area (Å²) in [5.41, 5.74) is 0. The topological polar surface area (TPSA) is 66.5 Å². The molecule has 1 fully saturated rings. The number of likely N-dealkylation sites (tertiary alicyclic amines) is 1. The Morgan fingerprint density at radius 3 is 2.68 bits per heavy atom. The van der Waals surface area contributed by atoms with E-state index < -0.39 is 16.1 Å². The van der Waals surface area contributed by atoms with Crippen LogP contribution in [0.3, 0.4) is 0 Å². The van der Waals surface area contributed by atoms with Gasteiger partial charge in [-0.05, 0) is 55.5 Å². The fourth-order valence-electron chi connectivity index (χ4n) is 3.02. The van der Waals surface area contributed by atoms with Crippen LogP contribution in [0.1, 0.15) is 30.7 Å². The third-order valence-corrected chi connectivity index (χ3v) is 7.02. The SMILES string of the molecule is CC(NS(=O)(=O)c1ccc(Cl)cc1)C(=O)N1CCCC1c1cccs1. The molecule has 2 aromatic rings. The molecule has 2 atom stereocenters. The average Bonchev–Trinajstić information content (AvgIpc) is 3.25. The Morgan fingerprint density at radius 1 is 1.32 bits per heavy atom. The van der Waals surface area contributed by atoms with Crippen LogP contribution < -0.4 is 4.72 Å². The minimum Gasteiger partial charge on any atom is -0.333 e. The standard InChI is InChI=1S/C17H19ClN2O3S2/c1-12(19-25(22,23)14-8-6-13(18)7-9-14)17(21)20-10-2-4-15(20)16-5-3-11-24-16/h3,5-9,11-12,15,19H,2,4,10H2,1H3. The number of amides is 1. The largest absolute Gasteiger partial charge is 0.333 e. The van der Waals surface area contributed by atoms with Crippen LogP contribution in [0, 0.1) is 0 Å². The van der Waals surface area contributed by atoms with Gasteiger partial charge in [0.25, 0.3) is 0 Å². The summed E-state index contributed by atoms with van der Waals surface area (Å²) in [7, 11) is -3.78. The lowest BCUT2D eigenvalue weighted by atomic mass is 10.1. The van der Waals surface area contributed by atoms with Gasteiger partial charge in [-0.2, -0.15) is 4.72 Å². The summed E-state index contributed by atoms with van der Waals surface area (Å²) >= 11 is 7.41. The van der Waals surface area contributed by atoms with E-state index in [9.17, 15) is 13.2 Å². The number of sulfonamides is 1. The molecule has 2 heterocycles. The Kier molecular flexibility index (Phi) is 5.48. The van der Waals surface area contributed by atoms with Crippen molar-refractivity contribution >= 4 is 38.9 Å². The monoisotopic (exact) mass is 398 g/mol. The summed E-state index contributed by atoms with van der Waals surface area (Å²) in [5, 5.41) is 2.45. The number of halogens is 1. The third-order valence-electron chi connectivity index (χ3n) is 4.23. The van der Waals surface area contributed by atoms with Crippen LogP contribution in [-0.4, -0.2) is 31.8 Å². The molecule has 0 radical (unpaired) electrons. The summed E-state index contributed by atoms with van der Waals surface area (Å²) in [6.45, 7) is 2.23. The Balaban J connectivity index is 1.73. The van der Waals surface area contributed by atoms with Crippen molar-refractivity contribution in [3.63, 3.8) is 0 Å². The second-order valence-corrected chi connectivity index (χ2v) is 9.13. The first-order chi connectivity index (χ1) is 11.9. The first-order valence-electron chi connectivity index (χ1n) is 8.00. The van der Waals surface area contributed by atoms with Gasteiger partial charge < -0.3 is 4.90 Å². The maximum atomic E-state index is 12.8. The van der Waals surface area contributed by atoms with Gasteiger partial charge in [0, 0.05) is 16.4 Å². The number of benzene rings is 1. The Bertz CT molecular complexity index is 835. The van der Waals surface area contributed by atoms with Gasteiger partial charge in [0.05, 0.1) is 17.0 Å². The predicted molar refractivity (Wildman–Crippen MR) is 99.2 cm³/mol. The van der Waals surface area contributed by atoms with Gasteiger partial charge in [0.2, 0.25) is 15.9 Å². The van der Waals surface area contributed by atoms with Crippen molar-refractivity contribution in [1.82, 2.24) is 9.62 Å². The Morgan fingerprint density at radius 2 is 2.04 bits per heavy atom. The van der Waals surface area contributed by atoms with Gasteiger partial charge in [0.1, 0.15) is 0 Å². The highest BCUT2D eigenvalue weighted by molar-refractivity contribution is 7.89. The second-order valence-electron chi connectivity index (χ2n) is 6.00. The maximum Gasteiger partial charge on any atom is 0.241 e. The number of carbonyl (C=O) groups is 1. The lowest BCUT2D eigenvalue weighted by molar-refractivity contribution is -0.133. The molecule has 134 valence electrons. The Labute approximate surface area is 156 Å². The lowest BCUT2D eigenvalue weighted by Gasteiger charge is -2.27. The molecule has 1 aromatic heterocycles. The van der Waals surface area contributed by atoms with Crippen LogP contribution >= 0.6 is 22.9 Å². The van der Waals surface area contributed by atoms with E-state index in [-0.39, 0.29) is 16.8 Å². The molecule has 1 aromatic carbocycles. The highest BCUT2D eigenvalue weighted by Crippen LogP contribution is 2.34. The summed E-state index contributed by atoms with van der Waals surface area (Å²) in [5.74, 6) is -0.201. The van der Waals surface area contributed by atoms with E-state index in [1.807, 2.05) is 17.5 Å². The highest BCUT2D eigenvalue weighted by atomic mass is 35.5. The molecular weight excluding hydrogens is 380 g/mol. The fraction of sp³-hybridized carbons (Fsp3) is 0.353. The zero-order valence-electron chi connectivity index (χ0n) is 13.7. The van der Waals surface area contributed by atoms with E-state index in [0.717, 1.165) is 17.7 Å². The number of hydrogen-bond acceptors (Lipinski definition) is 4. The zero-order chi connectivity index (χ0) is 18.0. The van der Waals surface area contributed by atoms with Crippen molar-refractivity contribution in [1.29, 1.82) is 0 Å². The molecule has 2 unspecified atom stereocenters. The van der Waals surface area contributed by atoms with Gasteiger partial charge >= 0.3 is 0 Å². The van der Waals surface area contributed by atoms with Gasteiger partial charge in [-0.15, -0.1) is 11.3 Å². The first-order valence-corrected chi connectivity index (χ1v) is 10.7. The molecule has 1 amide bonds. The van der Waals surface area contributed by atoms with Gasteiger partial charge in [-0.3, -0.25) is 4.79 Å². The van der Waals surface area contributed by atoms with Crippen LogP contribution in [0.4, 0.5) is 0 Å². The summed E-state index contributed by atoms with van der Waals surface area (Å²) in [6, 6.07) is 9.05. The van der Waals surface area contributed by atoms with Crippen molar-refractivity contribution in [2.75, 3.05) is 6.54 Å². The molecule has 1 aliphatic rings. The number of hydrogen-bond donors (Lipinski definition) is 1. The molecular formula is C17H19ClN2O3S2. The van der Waals surface area contributed by atoms with Gasteiger partial charge in [0.15, 0.2) is 0 Å². The number of nitrogens with one attached hydrogen (secondary N) is 1. The average molecular weight is 399 g/mol. The Hall–Kier alpha value is -1.41. The molecule has 0 saturated carbocycles. The van der Waals surface area contributed by atoms with E-state index in [1.165, 1.54) is 24.3 Å². The van der Waals surface area contributed by atoms with E-state index in [1.54, 1.807) is 23.2 Å². The van der Waals surface area contributed by atoms with Crippen molar-refractivity contribution in [2.24, 2.45) is 0 Å². The molecule has 1 saturated heterocycles. The molecule has 1 aliphatic heterocycles. The molecule has 5 nitrogen and oxygen atoms in total. The molecule has 3 rings (SSSR count). The maximum absolute atomic E-state index is 12.8. The second kappa shape index (κ2) is 7.45. The van der Waals surface area contributed by atoms with E-state index >= 15 is 0 Å². The minimum atomic E-state index is -3.78. The third kappa shape index (κ3) is 4.06. The molecule has 1 N–H and O–H groups in total. The van der Waals surface area contributed by atoms with Crippen LogP contribution in [0.5, 0.6) is 0 Å². The van der Waals surface area contributed by atoms with Gasteiger partial charge in [-0.25, -0.2) is 8.42 Å². The van der Waals surface area contributed by atoms with Crippen molar-refractivity contribution in [3.05, 3.63) is 51.7 Å². The first kappa shape index (κ1) is 18.4. The molecule has 8 heteroatoms. The van der Waals surface area contributed by atoms with Crippen LogP contribution in [-0.2, 0) is 14.8 Å². The van der Waals surface area contributed by atoms with Crippen LogP contribution in [0.15, 0.2) is 46.7 Å². The van der Waals surface area contributed by atoms with Crippen LogP contribution in [0.25, 0.3) is 0 Å². The zero-order valence-corrected chi connectivity index (χ0v) is 16.1. The number of thiophene rings is 1. The minimum absolute atomic E-state index is 0.0370. The van der Waals surface area contributed by atoms with Crippen LogP contribution in [0.2, 0.25) is 5.02 Å². The molecule has 0 aliphatic carbocycles. The molecule has 0 bridgehead atoms. The van der Waals surface area contributed by atoms with E-state index in [4.69, 9.17) is 11.6 Å². The fourth-order valence-corrected chi connectivity index (χ4v) is 5.22. The normalized spacial score (nSPS) is 19.1. The molecule has 25 heavy (non-hydrogen) atoms. The van der Waals surface area contributed by atoms with Crippen molar-refractivity contribution < 1.29 is 13.2 Å². The number of carbonyl (C=O) groups excluding carboxylic acids is 1. The smallest absolute Gasteiger partial charge is 0.241 e. The van der Waals surface area contributed by atoms with Crippen molar-refractivity contribution in [2.45, 2.75) is 36.7 Å². The van der Waals surface area contributed by atoms with Crippen molar-refractivity contribution in [3.8, 4) is 0 Å². The quantitative estimate of drug-likeness (QED) is 0.838. The molecule has 0 spiro atoms. The summed E-state index contributed by atoms with van der Waals surface area (Å²) in [6.07, 6.45) is 1.83. The highest BCUT2D eigenvalue weighted by Gasteiger charge is 2.34. The van der Waals surface area contributed by atoms with E-state index in [0.29, 0.717) is 11.6 Å². The van der Waals surface area contributed by atoms with E-state index in [2.05, 4.69) is 4.72 Å². The van der Waals surface area contributed by atoms with Gasteiger partial charge in [-0.1, -0.05) is 17.7 Å². The predicted octanol–water partition coefficient (Wildman–Crippen LogP) is 3.43. The number of nitrogens with zero attached hydrogens (tertiary/aromatic N) is 1. The summed E-state index contributed by atoms with van der Waals surface area (Å²) < 4.78 is 27.4. The lowest BCUT2D eigenvalue weighted by Crippen LogP contribution is -2.46. The summed E-state index contributed by atoms with van der Waals surface area (Å²) in [4.78, 5) is 15.8. The number of rotatable bonds is 5.